The van der Waals surface area contributed by atoms with Crippen molar-refractivity contribution in [3.63, 3.8) is 0 Å². The van der Waals surface area contributed by atoms with Gasteiger partial charge in [0.15, 0.2) is 0 Å². The van der Waals surface area contributed by atoms with Crippen molar-refractivity contribution in [3.05, 3.63) is 29.8 Å². The van der Waals surface area contributed by atoms with Crippen LogP contribution in [0.4, 0.5) is 0 Å². The number of nitrogens with zero attached hydrogens (tertiary/aromatic N) is 1. The summed E-state index contributed by atoms with van der Waals surface area (Å²) in [5, 5.41) is 0. The zero-order valence-electron chi connectivity index (χ0n) is 12.5. The van der Waals surface area contributed by atoms with E-state index in [1.54, 1.807) is 30.0 Å². The number of likely N-dealkylation sites (tertiary alicyclic amines) is 1. The number of nitrogens with one attached hydrogen (secondary N) is 1. The number of hydrogen-bond acceptors (Lipinski definition) is 3. The fourth-order valence-corrected chi connectivity index (χ4v) is 4.16. The molecule has 1 fully saturated rings. The first-order chi connectivity index (χ1) is 9.94. The number of piperidine rings is 1. The van der Waals surface area contributed by atoms with E-state index in [1.165, 1.54) is 0 Å². The first-order valence-electron chi connectivity index (χ1n) is 7.29. The first-order valence-corrected chi connectivity index (χ1v) is 8.78. The number of amides is 1. The summed E-state index contributed by atoms with van der Waals surface area (Å²) in [6.07, 6.45) is 1.83. The minimum atomic E-state index is -3.49. The molecule has 0 aromatic heterocycles. The fourth-order valence-electron chi connectivity index (χ4n) is 2.61. The molecule has 0 radical (unpaired) electrons. The number of carbonyl (C=O) groups is 1. The Balaban J connectivity index is 2.00. The van der Waals surface area contributed by atoms with E-state index < -0.39 is 10.0 Å². The van der Waals surface area contributed by atoms with E-state index >= 15 is 0 Å². The lowest BCUT2D eigenvalue weighted by Crippen LogP contribution is -2.46. The lowest BCUT2D eigenvalue weighted by Gasteiger charge is -2.32. The van der Waals surface area contributed by atoms with Crippen LogP contribution in [-0.4, -0.2) is 38.4 Å². The van der Waals surface area contributed by atoms with Gasteiger partial charge in [-0.05, 0) is 31.4 Å². The summed E-state index contributed by atoms with van der Waals surface area (Å²) in [5.41, 5.74) is 0.739. The van der Waals surface area contributed by atoms with E-state index in [9.17, 15) is 13.2 Å². The molecule has 116 valence electrons. The molecule has 1 aliphatic rings. The number of rotatable bonds is 4. The second-order valence-electron chi connectivity index (χ2n) is 5.40. The SMILES string of the molecule is CCC(=O)N1CCC(NS(=O)(=O)c2ccccc2C)CC1. The van der Waals surface area contributed by atoms with Crippen molar-refractivity contribution in [1.82, 2.24) is 9.62 Å². The molecular weight excluding hydrogens is 288 g/mol. The third kappa shape index (κ3) is 3.83. The minimum absolute atomic E-state index is 0.101. The molecule has 0 saturated carbocycles. The van der Waals surface area contributed by atoms with Gasteiger partial charge in [-0.2, -0.15) is 0 Å². The Labute approximate surface area is 126 Å². The Morgan fingerprint density at radius 2 is 1.90 bits per heavy atom. The highest BCUT2D eigenvalue weighted by atomic mass is 32.2. The second-order valence-corrected chi connectivity index (χ2v) is 7.08. The van der Waals surface area contributed by atoms with Crippen LogP contribution in [0.25, 0.3) is 0 Å². The van der Waals surface area contributed by atoms with Gasteiger partial charge in [-0.25, -0.2) is 13.1 Å². The van der Waals surface area contributed by atoms with Gasteiger partial charge >= 0.3 is 0 Å². The van der Waals surface area contributed by atoms with Crippen LogP contribution in [-0.2, 0) is 14.8 Å². The zero-order chi connectivity index (χ0) is 15.5. The molecule has 1 aromatic carbocycles. The smallest absolute Gasteiger partial charge is 0.241 e. The van der Waals surface area contributed by atoms with Gasteiger partial charge in [0.2, 0.25) is 15.9 Å². The maximum absolute atomic E-state index is 12.4. The van der Waals surface area contributed by atoms with Crippen LogP contribution in [0.3, 0.4) is 0 Å². The van der Waals surface area contributed by atoms with Gasteiger partial charge in [-0.3, -0.25) is 4.79 Å². The predicted octanol–water partition coefficient (Wildman–Crippen LogP) is 1.67. The molecule has 6 heteroatoms. The van der Waals surface area contributed by atoms with E-state index in [4.69, 9.17) is 0 Å². The van der Waals surface area contributed by atoms with Crippen molar-refractivity contribution >= 4 is 15.9 Å². The summed E-state index contributed by atoms with van der Waals surface area (Å²) in [6, 6.07) is 6.85. The number of carbonyl (C=O) groups excluding carboxylic acids is 1. The molecule has 0 spiro atoms. The molecule has 1 heterocycles. The Kier molecular flexibility index (Phi) is 5.00. The normalized spacial score (nSPS) is 17.0. The second kappa shape index (κ2) is 6.58. The number of benzene rings is 1. The maximum Gasteiger partial charge on any atom is 0.241 e. The topological polar surface area (TPSA) is 66.5 Å². The average molecular weight is 310 g/mol. The quantitative estimate of drug-likeness (QED) is 0.920. The summed E-state index contributed by atoms with van der Waals surface area (Å²) in [4.78, 5) is 13.7. The van der Waals surface area contributed by atoms with Crippen molar-refractivity contribution in [2.24, 2.45) is 0 Å². The molecule has 1 aromatic rings. The Morgan fingerprint density at radius 1 is 1.29 bits per heavy atom. The van der Waals surface area contributed by atoms with Crippen LogP contribution >= 0.6 is 0 Å². The van der Waals surface area contributed by atoms with Gasteiger partial charge in [-0.1, -0.05) is 25.1 Å². The molecule has 0 unspecified atom stereocenters. The molecule has 0 aliphatic carbocycles. The highest BCUT2D eigenvalue weighted by Crippen LogP contribution is 2.18. The summed E-state index contributed by atoms with van der Waals surface area (Å²) in [7, 11) is -3.49. The van der Waals surface area contributed by atoms with Gasteiger partial charge < -0.3 is 4.90 Å². The maximum atomic E-state index is 12.4. The molecule has 1 aliphatic heterocycles. The Bertz CT molecular complexity index is 605. The summed E-state index contributed by atoms with van der Waals surface area (Å²) >= 11 is 0. The van der Waals surface area contributed by atoms with Crippen molar-refractivity contribution in [3.8, 4) is 0 Å². The molecule has 0 bridgehead atoms. The molecular formula is C15H22N2O3S. The van der Waals surface area contributed by atoms with Crippen molar-refractivity contribution in [1.29, 1.82) is 0 Å². The third-order valence-electron chi connectivity index (χ3n) is 3.86. The first kappa shape index (κ1) is 16.0. The van der Waals surface area contributed by atoms with Gasteiger partial charge in [0.1, 0.15) is 0 Å². The van der Waals surface area contributed by atoms with E-state index in [2.05, 4.69) is 4.72 Å². The zero-order valence-corrected chi connectivity index (χ0v) is 13.3. The molecule has 21 heavy (non-hydrogen) atoms. The highest BCUT2D eigenvalue weighted by molar-refractivity contribution is 7.89. The van der Waals surface area contributed by atoms with E-state index in [-0.39, 0.29) is 11.9 Å². The standard InChI is InChI=1S/C15H22N2O3S/c1-3-15(18)17-10-8-13(9-11-17)16-21(19,20)14-7-5-4-6-12(14)2/h4-7,13,16H,3,8-11H2,1-2H3. The van der Waals surface area contributed by atoms with Crippen LogP contribution in [0.15, 0.2) is 29.2 Å². The van der Waals surface area contributed by atoms with Crippen LogP contribution in [0.5, 0.6) is 0 Å². The van der Waals surface area contributed by atoms with Crippen LogP contribution in [0.1, 0.15) is 31.7 Å². The largest absolute Gasteiger partial charge is 0.343 e. The summed E-state index contributed by atoms with van der Waals surface area (Å²) < 4.78 is 27.6. The summed E-state index contributed by atoms with van der Waals surface area (Å²) in [6.45, 7) is 4.87. The van der Waals surface area contributed by atoms with Crippen LogP contribution in [0.2, 0.25) is 0 Å². The predicted molar refractivity (Wildman–Crippen MR) is 81.4 cm³/mol. The van der Waals surface area contributed by atoms with Crippen molar-refractivity contribution in [2.75, 3.05) is 13.1 Å². The monoisotopic (exact) mass is 310 g/mol. The van der Waals surface area contributed by atoms with Gasteiger partial charge in [-0.15, -0.1) is 0 Å². The van der Waals surface area contributed by atoms with E-state index in [0.29, 0.717) is 37.2 Å². The lowest BCUT2D eigenvalue weighted by molar-refractivity contribution is -0.131. The lowest BCUT2D eigenvalue weighted by atomic mass is 10.1. The van der Waals surface area contributed by atoms with Crippen LogP contribution < -0.4 is 4.72 Å². The molecule has 0 atom stereocenters. The Hall–Kier alpha value is -1.40. The van der Waals surface area contributed by atoms with Crippen LogP contribution in [0, 0.1) is 6.92 Å². The van der Waals surface area contributed by atoms with E-state index in [0.717, 1.165) is 5.56 Å². The Morgan fingerprint density at radius 3 is 2.48 bits per heavy atom. The molecule has 2 rings (SSSR count). The van der Waals surface area contributed by atoms with E-state index in [1.807, 2.05) is 13.0 Å². The van der Waals surface area contributed by atoms with Gasteiger partial charge in [0.05, 0.1) is 4.90 Å². The molecule has 1 saturated heterocycles. The van der Waals surface area contributed by atoms with Crippen molar-refractivity contribution < 1.29 is 13.2 Å². The number of hydrogen-bond donors (Lipinski definition) is 1. The van der Waals surface area contributed by atoms with Gasteiger partial charge in [0, 0.05) is 25.6 Å². The fraction of sp³-hybridized carbons (Fsp3) is 0.533. The number of sulfonamides is 1. The minimum Gasteiger partial charge on any atom is -0.343 e. The molecule has 5 nitrogen and oxygen atoms in total. The number of aryl methyl sites for hydroxylation is 1. The molecule has 1 N–H and O–H groups in total. The van der Waals surface area contributed by atoms with Crippen molar-refractivity contribution in [2.45, 2.75) is 44.0 Å². The molecule has 1 amide bonds. The summed E-state index contributed by atoms with van der Waals surface area (Å²) in [5.74, 6) is 0.134. The average Bonchev–Trinajstić information content (AvgIpc) is 2.47. The van der Waals surface area contributed by atoms with Gasteiger partial charge in [0.25, 0.3) is 0 Å². The third-order valence-corrected chi connectivity index (χ3v) is 5.54. The highest BCUT2D eigenvalue weighted by Gasteiger charge is 2.26.